The third-order valence-corrected chi connectivity index (χ3v) is 4.59. The molecule has 6 heteroatoms. The lowest BCUT2D eigenvalue weighted by molar-refractivity contribution is 0.0939. The van der Waals surface area contributed by atoms with Crippen LogP contribution in [0.4, 0.5) is 5.69 Å². The van der Waals surface area contributed by atoms with Gasteiger partial charge in [-0.25, -0.2) is 4.98 Å². The second-order valence-corrected chi connectivity index (χ2v) is 5.84. The summed E-state index contributed by atoms with van der Waals surface area (Å²) in [5, 5.41) is 3.81. The molecule has 98 valence electrons. The molecule has 1 saturated carbocycles. The molecule has 0 saturated heterocycles. The highest BCUT2D eigenvalue weighted by Crippen LogP contribution is 2.28. The van der Waals surface area contributed by atoms with E-state index in [4.69, 9.17) is 17.3 Å². The largest absolute Gasteiger partial charge is 0.397 e. The lowest BCUT2D eigenvalue weighted by Gasteiger charge is -2.19. The summed E-state index contributed by atoms with van der Waals surface area (Å²) in [6.45, 7) is 0. The Balaban J connectivity index is 2.09. The van der Waals surface area contributed by atoms with Crippen molar-refractivity contribution < 1.29 is 4.79 Å². The van der Waals surface area contributed by atoms with Gasteiger partial charge in [-0.1, -0.05) is 18.0 Å². The van der Waals surface area contributed by atoms with Crippen molar-refractivity contribution in [3.05, 3.63) is 23.0 Å². The Bertz CT molecular complexity index is 455. The Morgan fingerprint density at radius 3 is 3.11 bits per heavy atom. The number of halogens is 1. The number of carbonyl (C=O) groups excluding carboxylic acids is 1. The maximum absolute atomic E-state index is 12.1. The van der Waals surface area contributed by atoms with E-state index in [1.807, 2.05) is 0 Å². The van der Waals surface area contributed by atoms with Gasteiger partial charge in [0.25, 0.3) is 5.91 Å². The first-order valence-electron chi connectivity index (χ1n) is 5.86. The third kappa shape index (κ3) is 2.90. The first-order valence-corrected chi connectivity index (χ1v) is 7.53. The highest BCUT2D eigenvalue weighted by atomic mass is 35.5. The average molecular weight is 286 g/mol. The number of hydrogen-bond acceptors (Lipinski definition) is 4. The zero-order valence-electron chi connectivity index (χ0n) is 10.1. The van der Waals surface area contributed by atoms with Crippen LogP contribution in [-0.4, -0.2) is 28.4 Å². The first-order chi connectivity index (χ1) is 8.61. The van der Waals surface area contributed by atoms with Gasteiger partial charge in [0.05, 0.1) is 17.4 Å². The van der Waals surface area contributed by atoms with Gasteiger partial charge < -0.3 is 11.1 Å². The summed E-state index contributed by atoms with van der Waals surface area (Å²) in [6, 6.07) is 1.73. The lowest BCUT2D eigenvalue weighted by Crippen LogP contribution is -2.38. The van der Waals surface area contributed by atoms with Crippen molar-refractivity contribution in [1.82, 2.24) is 10.3 Å². The number of nitrogens with two attached hydrogens (primary N) is 1. The number of pyridine rings is 1. The van der Waals surface area contributed by atoms with Gasteiger partial charge in [0, 0.05) is 11.3 Å². The van der Waals surface area contributed by atoms with E-state index >= 15 is 0 Å². The molecule has 1 aromatic rings. The van der Waals surface area contributed by atoms with Crippen molar-refractivity contribution in [1.29, 1.82) is 0 Å². The van der Waals surface area contributed by atoms with E-state index < -0.39 is 0 Å². The summed E-state index contributed by atoms with van der Waals surface area (Å²) in [5.74, 6) is -0.164. The average Bonchev–Trinajstić information content (AvgIpc) is 2.79. The van der Waals surface area contributed by atoms with Crippen molar-refractivity contribution in [2.24, 2.45) is 0 Å². The summed E-state index contributed by atoms with van der Waals surface area (Å²) >= 11 is 7.58. The summed E-state index contributed by atoms with van der Waals surface area (Å²) < 4.78 is 0. The number of thioether (sulfide) groups is 1. The Morgan fingerprint density at radius 2 is 2.39 bits per heavy atom. The molecule has 2 unspecified atom stereocenters. The van der Waals surface area contributed by atoms with Crippen LogP contribution in [0.3, 0.4) is 0 Å². The van der Waals surface area contributed by atoms with E-state index in [2.05, 4.69) is 16.6 Å². The summed E-state index contributed by atoms with van der Waals surface area (Å²) in [4.78, 5) is 16.0. The summed E-state index contributed by atoms with van der Waals surface area (Å²) in [7, 11) is 0. The summed E-state index contributed by atoms with van der Waals surface area (Å²) in [6.07, 6.45) is 6.82. The number of rotatable bonds is 3. The molecule has 0 bridgehead atoms. The molecule has 1 amide bonds. The van der Waals surface area contributed by atoms with Crippen molar-refractivity contribution in [3.63, 3.8) is 0 Å². The van der Waals surface area contributed by atoms with E-state index in [1.165, 1.54) is 12.3 Å². The predicted molar refractivity (Wildman–Crippen MR) is 76.1 cm³/mol. The molecule has 2 atom stereocenters. The Morgan fingerprint density at radius 1 is 1.61 bits per heavy atom. The van der Waals surface area contributed by atoms with E-state index in [1.54, 1.807) is 11.8 Å². The number of aromatic nitrogens is 1. The molecule has 4 nitrogen and oxygen atoms in total. The van der Waals surface area contributed by atoms with Gasteiger partial charge in [-0.05, 0) is 25.2 Å². The molecule has 0 aliphatic heterocycles. The van der Waals surface area contributed by atoms with E-state index in [0.717, 1.165) is 19.3 Å². The number of carbonyl (C=O) groups is 1. The molecule has 2 rings (SSSR count). The smallest absolute Gasteiger partial charge is 0.253 e. The molecular weight excluding hydrogens is 270 g/mol. The maximum atomic E-state index is 12.1. The molecule has 1 heterocycles. The minimum atomic E-state index is -0.164. The van der Waals surface area contributed by atoms with Crippen LogP contribution >= 0.6 is 23.4 Å². The number of anilines is 1. The van der Waals surface area contributed by atoms with Crippen LogP contribution in [0.25, 0.3) is 0 Å². The van der Waals surface area contributed by atoms with Crippen molar-refractivity contribution >= 4 is 35.0 Å². The van der Waals surface area contributed by atoms with Crippen LogP contribution in [0.15, 0.2) is 12.3 Å². The number of nitrogens with one attached hydrogen (secondary N) is 1. The van der Waals surface area contributed by atoms with Gasteiger partial charge in [-0.15, -0.1) is 0 Å². The van der Waals surface area contributed by atoms with Gasteiger partial charge in [0.2, 0.25) is 0 Å². The molecule has 0 spiro atoms. The monoisotopic (exact) mass is 285 g/mol. The predicted octanol–water partition coefficient (Wildman–Crippen LogP) is 2.33. The molecule has 0 radical (unpaired) electrons. The molecule has 1 aromatic heterocycles. The van der Waals surface area contributed by atoms with Gasteiger partial charge in [-0.2, -0.15) is 11.8 Å². The standard InChI is InChI=1S/C12H16ClN3OS/c1-18-10-4-2-3-9(10)16-12(17)7-5-11(13)15-6-8(7)14/h5-6,9-10H,2-4,14H2,1H3,(H,16,17). The highest BCUT2D eigenvalue weighted by molar-refractivity contribution is 7.99. The number of amides is 1. The highest BCUT2D eigenvalue weighted by Gasteiger charge is 2.28. The van der Waals surface area contributed by atoms with E-state index in [-0.39, 0.29) is 17.1 Å². The fourth-order valence-electron chi connectivity index (χ4n) is 2.26. The second-order valence-electron chi connectivity index (χ2n) is 4.38. The normalized spacial score (nSPS) is 23.0. The van der Waals surface area contributed by atoms with Gasteiger partial charge >= 0.3 is 0 Å². The lowest BCUT2D eigenvalue weighted by atomic mass is 10.2. The zero-order chi connectivity index (χ0) is 13.1. The molecule has 1 aliphatic rings. The van der Waals surface area contributed by atoms with Crippen LogP contribution in [0, 0.1) is 0 Å². The fraction of sp³-hybridized carbons (Fsp3) is 0.500. The minimum absolute atomic E-state index is 0.164. The molecule has 18 heavy (non-hydrogen) atoms. The van der Waals surface area contributed by atoms with Crippen LogP contribution in [-0.2, 0) is 0 Å². The maximum Gasteiger partial charge on any atom is 0.253 e. The molecule has 3 N–H and O–H groups in total. The van der Waals surface area contributed by atoms with Crippen molar-refractivity contribution in [3.8, 4) is 0 Å². The van der Waals surface area contributed by atoms with E-state index in [9.17, 15) is 4.79 Å². The van der Waals surface area contributed by atoms with Gasteiger partial charge in [-0.3, -0.25) is 4.79 Å². The Kier molecular flexibility index (Phi) is 4.35. The molecular formula is C12H16ClN3OS. The summed E-state index contributed by atoms with van der Waals surface area (Å²) in [5.41, 5.74) is 6.51. The number of nitrogens with zero attached hydrogens (tertiary/aromatic N) is 1. The van der Waals surface area contributed by atoms with Gasteiger partial charge in [0.15, 0.2) is 0 Å². The second kappa shape index (κ2) is 5.80. The Hall–Kier alpha value is -0.940. The molecule has 0 aromatic carbocycles. The Labute approximate surface area is 116 Å². The molecule has 1 aliphatic carbocycles. The van der Waals surface area contributed by atoms with E-state index in [0.29, 0.717) is 16.5 Å². The van der Waals surface area contributed by atoms with Crippen LogP contribution < -0.4 is 11.1 Å². The van der Waals surface area contributed by atoms with Crippen molar-refractivity contribution in [2.75, 3.05) is 12.0 Å². The third-order valence-electron chi connectivity index (χ3n) is 3.22. The van der Waals surface area contributed by atoms with Gasteiger partial charge in [0.1, 0.15) is 5.15 Å². The topological polar surface area (TPSA) is 68.0 Å². The molecule has 1 fully saturated rings. The minimum Gasteiger partial charge on any atom is -0.397 e. The van der Waals surface area contributed by atoms with Crippen LogP contribution in [0.1, 0.15) is 29.6 Å². The van der Waals surface area contributed by atoms with Crippen LogP contribution in [0.5, 0.6) is 0 Å². The van der Waals surface area contributed by atoms with Crippen molar-refractivity contribution in [2.45, 2.75) is 30.6 Å². The fourth-order valence-corrected chi connectivity index (χ4v) is 3.35. The number of hydrogen-bond donors (Lipinski definition) is 2. The van der Waals surface area contributed by atoms with Crippen LogP contribution in [0.2, 0.25) is 5.15 Å². The number of nitrogen functional groups attached to an aromatic ring is 1. The quantitative estimate of drug-likeness (QED) is 0.837. The SMILES string of the molecule is CSC1CCCC1NC(=O)c1cc(Cl)ncc1N. The zero-order valence-corrected chi connectivity index (χ0v) is 11.7. The first kappa shape index (κ1) is 13.5.